The zero-order valence-electron chi connectivity index (χ0n) is 31.0. The molecule has 294 valence electrons. The van der Waals surface area contributed by atoms with Crippen molar-refractivity contribution < 1.29 is 47.8 Å². The zero-order chi connectivity index (χ0) is 39.5. The van der Waals surface area contributed by atoms with Gasteiger partial charge in [0.15, 0.2) is 11.5 Å². The number of aliphatic hydroxyl groups is 2. The molecule has 0 aliphatic heterocycles. The van der Waals surface area contributed by atoms with Crippen molar-refractivity contribution in [1.82, 2.24) is 20.1 Å². The molecule has 1 aliphatic rings. The van der Waals surface area contributed by atoms with Gasteiger partial charge in [-0.05, 0) is 43.7 Å². The minimum absolute atomic E-state index is 0.0225. The fourth-order valence-corrected chi connectivity index (χ4v) is 7.83. The number of aliphatic imine (C=N–C) groups is 1. The van der Waals surface area contributed by atoms with Gasteiger partial charge in [0.05, 0.1) is 26.9 Å². The van der Waals surface area contributed by atoms with E-state index in [0.29, 0.717) is 0 Å². The first-order valence-electron chi connectivity index (χ1n) is 17.5. The number of aliphatic hydroxyl groups excluding tert-OH is 1. The minimum atomic E-state index is -4.45. The molecule has 1 aliphatic carbocycles. The normalized spacial score (nSPS) is 21.4. The summed E-state index contributed by atoms with van der Waals surface area (Å²) in [5.74, 6) is -2.79. The predicted molar refractivity (Wildman–Crippen MR) is 201 cm³/mol. The number of rotatable bonds is 21. The Morgan fingerprint density at radius 1 is 0.944 bits per heavy atom. The summed E-state index contributed by atoms with van der Waals surface area (Å²) in [6.45, 7) is 4.51. The van der Waals surface area contributed by atoms with Crippen molar-refractivity contribution in [2.75, 3.05) is 45.5 Å². The second kappa shape index (κ2) is 19.2. The number of benzene rings is 2. The van der Waals surface area contributed by atoms with Gasteiger partial charge in [-0.15, -0.1) is 0 Å². The Balaban J connectivity index is 1.62. The molecule has 54 heavy (non-hydrogen) atoms. The van der Waals surface area contributed by atoms with Crippen LogP contribution in [0.2, 0.25) is 0 Å². The van der Waals surface area contributed by atoms with Crippen LogP contribution in [0.15, 0.2) is 65.7 Å². The summed E-state index contributed by atoms with van der Waals surface area (Å²) in [7, 11) is -1.81. The Kier molecular flexibility index (Phi) is 15.0. The summed E-state index contributed by atoms with van der Waals surface area (Å²) in [5, 5.41) is 28.8. The van der Waals surface area contributed by atoms with Crippen LogP contribution in [0.3, 0.4) is 0 Å². The number of nitrogen functional groups attached to an aromatic ring is 2. The molecular formula is C36H50N7O10P. The number of ether oxygens (including phenoxy) is 4. The highest BCUT2D eigenvalue weighted by Gasteiger charge is 2.66. The maximum Gasteiger partial charge on any atom is 0.342 e. The van der Waals surface area contributed by atoms with Crippen LogP contribution in [-0.4, -0.2) is 102 Å². The number of anilines is 2. The number of nitrogens with two attached hydrogens (primary N) is 2. The lowest BCUT2D eigenvalue weighted by Crippen LogP contribution is -2.48. The molecule has 2 aromatic carbocycles. The van der Waals surface area contributed by atoms with Crippen LogP contribution in [0.4, 0.5) is 17.5 Å². The van der Waals surface area contributed by atoms with Crippen molar-refractivity contribution >= 4 is 43.3 Å². The van der Waals surface area contributed by atoms with Crippen LogP contribution in [0.1, 0.15) is 31.9 Å². The number of nitrogens with zero attached hydrogens (tertiary/aromatic N) is 3. The number of methoxy groups -OCH3 is 2. The zero-order valence-corrected chi connectivity index (χ0v) is 31.8. The highest BCUT2D eigenvalue weighted by molar-refractivity contribution is 7.54. The van der Waals surface area contributed by atoms with E-state index in [1.807, 2.05) is 12.1 Å². The quantitative estimate of drug-likeness (QED) is 0.0517. The number of aromatic nitrogens is 2. The van der Waals surface area contributed by atoms with Crippen LogP contribution < -0.4 is 26.4 Å². The molecule has 18 heteroatoms. The molecule has 1 fully saturated rings. The summed E-state index contributed by atoms with van der Waals surface area (Å²) < 4.78 is 42.3. The van der Waals surface area contributed by atoms with Crippen LogP contribution >= 0.6 is 7.67 Å². The number of nitrogens with one attached hydrogen (secondary N) is 2. The molecule has 3 aromatic rings. The Labute approximate surface area is 314 Å². The molecule has 0 spiro atoms. The van der Waals surface area contributed by atoms with Gasteiger partial charge in [-0.25, -0.2) is 10.2 Å². The lowest BCUT2D eigenvalue weighted by atomic mass is 10.0. The highest BCUT2D eigenvalue weighted by atomic mass is 31.2. The standard InChI is InChI=1S/C36H50N7O10P/c1-6-51-33(45)26(18-23-14-10-8-11-15-23)42-54(48,43-27(34(46)52-7-2)19-24-16-12-9-13-17-24)53-21-28(49-4)30(44)36(47)22(3)25(36)20-39-29-31(37)40-35(38)41-32(29)50-5/h8-17,20,22,25-28,30,44,47H,6-7,18-19,21H2,1-5H3,(H2,42,43,48)(H4,37,38,40,41)/t22?,25?,26-,27?,28?,30?,36?,54?/m0/s1. The van der Waals surface area contributed by atoms with Crippen molar-refractivity contribution in [3.63, 3.8) is 0 Å². The number of carbonyl (C=O) groups is 2. The average Bonchev–Trinajstić information content (AvgIpc) is 3.69. The topological polar surface area (TPSA) is 252 Å². The molecule has 1 saturated carbocycles. The molecule has 8 atom stereocenters. The predicted octanol–water partition coefficient (Wildman–Crippen LogP) is 2.38. The Bertz CT molecular complexity index is 1700. The van der Waals surface area contributed by atoms with E-state index < -0.39 is 67.9 Å². The van der Waals surface area contributed by atoms with Gasteiger partial charge in [-0.2, -0.15) is 9.97 Å². The first-order valence-corrected chi connectivity index (χ1v) is 19.1. The first-order chi connectivity index (χ1) is 25.8. The van der Waals surface area contributed by atoms with Gasteiger partial charge >= 0.3 is 19.6 Å². The molecule has 0 saturated heterocycles. The van der Waals surface area contributed by atoms with Gasteiger partial charge in [0.2, 0.25) is 11.8 Å². The third-order valence-corrected chi connectivity index (χ3v) is 10.9. The number of hydrogen-bond acceptors (Lipinski definition) is 15. The number of hydrogen-bond donors (Lipinski definition) is 6. The molecule has 4 rings (SSSR count). The summed E-state index contributed by atoms with van der Waals surface area (Å²) in [6, 6.07) is 15.6. The van der Waals surface area contributed by atoms with Gasteiger partial charge < -0.3 is 45.2 Å². The molecule has 7 unspecified atom stereocenters. The molecule has 1 heterocycles. The van der Waals surface area contributed by atoms with Gasteiger partial charge in [-0.1, -0.05) is 67.6 Å². The SMILES string of the molecule is CCOC(=O)C(Cc1ccccc1)NP(=O)(N[C@@H](Cc1ccccc1)C(=O)OCC)OCC(OC)C(O)C1(O)C(C)C1C=Nc1c(N)nc(N)nc1OC. The molecule has 17 nitrogen and oxygen atoms in total. The van der Waals surface area contributed by atoms with Gasteiger partial charge in [0.1, 0.15) is 29.9 Å². The summed E-state index contributed by atoms with van der Waals surface area (Å²) >= 11 is 0. The fourth-order valence-electron chi connectivity index (χ4n) is 6.04. The number of carbonyl (C=O) groups excluding carboxylic acids is 2. The van der Waals surface area contributed by atoms with Gasteiger partial charge in [0, 0.05) is 19.2 Å². The van der Waals surface area contributed by atoms with Crippen molar-refractivity contribution in [2.24, 2.45) is 16.8 Å². The molecule has 8 N–H and O–H groups in total. The largest absolute Gasteiger partial charge is 0.479 e. The minimum Gasteiger partial charge on any atom is -0.479 e. The molecule has 0 radical (unpaired) electrons. The van der Waals surface area contributed by atoms with E-state index in [0.717, 1.165) is 11.1 Å². The van der Waals surface area contributed by atoms with E-state index in [2.05, 4.69) is 25.1 Å². The monoisotopic (exact) mass is 771 g/mol. The first kappa shape index (κ1) is 42.3. The van der Waals surface area contributed by atoms with E-state index in [1.165, 1.54) is 20.4 Å². The van der Waals surface area contributed by atoms with E-state index >= 15 is 0 Å². The van der Waals surface area contributed by atoms with Crippen molar-refractivity contribution in [2.45, 2.75) is 63.5 Å². The summed E-state index contributed by atoms with van der Waals surface area (Å²) in [6.07, 6.45) is -1.36. The van der Waals surface area contributed by atoms with E-state index in [1.54, 1.807) is 69.3 Å². The van der Waals surface area contributed by atoms with Gasteiger partial charge in [-0.3, -0.25) is 19.1 Å². The Hall–Kier alpha value is -4.48. The van der Waals surface area contributed by atoms with Crippen molar-refractivity contribution in [3.8, 4) is 5.88 Å². The molecule has 1 aromatic heterocycles. The molecule has 0 amide bonds. The summed E-state index contributed by atoms with van der Waals surface area (Å²) in [5.41, 5.74) is 11.4. The van der Waals surface area contributed by atoms with E-state index in [-0.39, 0.29) is 49.4 Å². The highest BCUT2D eigenvalue weighted by Crippen LogP contribution is 2.53. The van der Waals surface area contributed by atoms with Crippen LogP contribution in [-0.2, 0) is 45.7 Å². The average molecular weight is 772 g/mol. The second-order valence-electron chi connectivity index (χ2n) is 12.6. The van der Waals surface area contributed by atoms with E-state index in [9.17, 15) is 24.4 Å². The fraction of sp³-hybridized carbons (Fsp3) is 0.472. The van der Waals surface area contributed by atoms with Gasteiger partial charge in [0.25, 0.3) is 0 Å². The van der Waals surface area contributed by atoms with Crippen LogP contribution in [0.25, 0.3) is 0 Å². The second-order valence-corrected chi connectivity index (χ2v) is 14.5. The molecule has 0 bridgehead atoms. The number of esters is 2. The third-order valence-electron chi connectivity index (χ3n) is 9.06. The van der Waals surface area contributed by atoms with Crippen molar-refractivity contribution in [3.05, 3.63) is 71.8 Å². The summed E-state index contributed by atoms with van der Waals surface area (Å²) in [4.78, 5) is 38.7. The maximum atomic E-state index is 14.9. The Morgan fingerprint density at radius 2 is 1.46 bits per heavy atom. The molecular weight excluding hydrogens is 721 g/mol. The van der Waals surface area contributed by atoms with Crippen molar-refractivity contribution in [1.29, 1.82) is 0 Å². The maximum absolute atomic E-state index is 14.9. The lowest BCUT2D eigenvalue weighted by molar-refractivity contribution is -0.145. The smallest absolute Gasteiger partial charge is 0.342 e. The lowest BCUT2D eigenvalue weighted by Gasteiger charge is -2.31. The van der Waals surface area contributed by atoms with Crippen LogP contribution in [0.5, 0.6) is 5.88 Å². The van der Waals surface area contributed by atoms with Crippen LogP contribution in [0, 0.1) is 11.8 Å². The van der Waals surface area contributed by atoms with E-state index in [4.69, 9.17) is 34.9 Å². The third kappa shape index (κ3) is 10.6. The Morgan fingerprint density at radius 3 is 1.93 bits per heavy atom.